The van der Waals surface area contributed by atoms with Gasteiger partial charge in [0.1, 0.15) is 24.3 Å². The Labute approximate surface area is 117 Å². The summed E-state index contributed by atoms with van der Waals surface area (Å²) in [5, 5.41) is 0.860. The molecule has 0 aromatic heterocycles. The molecule has 108 valence electrons. The van der Waals surface area contributed by atoms with Crippen LogP contribution < -0.4 is 0 Å². The van der Waals surface area contributed by atoms with Gasteiger partial charge in [0.2, 0.25) is 0 Å². The van der Waals surface area contributed by atoms with Crippen molar-refractivity contribution in [2.24, 2.45) is 4.99 Å². The maximum absolute atomic E-state index is 11.2. The van der Waals surface area contributed by atoms with Crippen molar-refractivity contribution in [2.45, 2.75) is 37.9 Å². The fourth-order valence-corrected chi connectivity index (χ4v) is 2.90. The SMILES string of the molecule is CN(C)C1=NC[C@H]2OC(C)(C)O[C@@H]2[C@@H](C=O)OCS1. The third kappa shape index (κ3) is 3.47. The number of hydrogen-bond acceptors (Lipinski definition) is 7. The second-order valence-electron chi connectivity index (χ2n) is 5.19. The second kappa shape index (κ2) is 5.78. The van der Waals surface area contributed by atoms with Gasteiger partial charge in [0.25, 0.3) is 0 Å². The average molecular weight is 288 g/mol. The fourth-order valence-electron chi connectivity index (χ4n) is 2.14. The number of carbonyl (C=O) groups is 1. The number of rotatable bonds is 1. The molecule has 0 saturated carbocycles. The van der Waals surface area contributed by atoms with Crippen LogP contribution in [0.5, 0.6) is 0 Å². The smallest absolute Gasteiger partial charge is 0.164 e. The van der Waals surface area contributed by atoms with Gasteiger partial charge in [-0.2, -0.15) is 0 Å². The van der Waals surface area contributed by atoms with Crippen molar-refractivity contribution in [3.63, 3.8) is 0 Å². The number of aldehydes is 1. The first kappa shape index (κ1) is 14.8. The predicted molar refractivity (Wildman–Crippen MR) is 73.2 cm³/mol. The van der Waals surface area contributed by atoms with E-state index in [9.17, 15) is 4.79 Å². The zero-order chi connectivity index (χ0) is 14.0. The van der Waals surface area contributed by atoms with E-state index >= 15 is 0 Å². The number of hydrogen-bond donors (Lipinski definition) is 0. The molecule has 3 atom stereocenters. The van der Waals surface area contributed by atoms with E-state index in [-0.39, 0.29) is 6.10 Å². The first-order valence-corrected chi connectivity index (χ1v) is 7.18. The highest BCUT2D eigenvalue weighted by Gasteiger charge is 2.46. The molecule has 7 heteroatoms. The molecule has 1 saturated heterocycles. The first-order chi connectivity index (χ1) is 8.93. The zero-order valence-electron chi connectivity index (χ0n) is 11.7. The number of thioether (sulfide) groups is 1. The summed E-state index contributed by atoms with van der Waals surface area (Å²) >= 11 is 1.46. The molecule has 0 amide bonds. The summed E-state index contributed by atoms with van der Waals surface area (Å²) in [5.41, 5.74) is 0. The third-order valence-corrected chi connectivity index (χ3v) is 3.92. The van der Waals surface area contributed by atoms with Crippen LogP contribution in [0.2, 0.25) is 0 Å². The van der Waals surface area contributed by atoms with Crippen LogP contribution in [0.25, 0.3) is 0 Å². The highest BCUT2D eigenvalue weighted by atomic mass is 32.2. The second-order valence-corrected chi connectivity index (χ2v) is 6.08. The molecule has 2 aliphatic heterocycles. The Kier molecular flexibility index (Phi) is 4.50. The monoisotopic (exact) mass is 288 g/mol. The van der Waals surface area contributed by atoms with Crippen LogP contribution in [0.1, 0.15) is 13.8 Å². The van der Waals surface area contributed by atoms with Gasteiger partial charge < -0.3 is 23.9 Å². The van der Waals surface area contributed by atoms with Crippen LogP contribution in [0.3, 0.4) is 0 Å². The molecular formula is C12H20N2O4S. The number of aliphatic imine (C=N–C) groups is 1. The van der Waals surface area contributed by atoms with Gasteiger partial charge in [-0.3, -0.25) is 4.99 Å². The highest BCUT2D eigenvalue weighted by molar-refractivity contribution is 8.13. The first-order valence-electron chi connectivity index (χ1n) is 6.20. The molecule has 6 nitrogen and oxygen atoms in total. The molecule has 0 spiro atoms. The molecule has 0 unspecified atom stereocenters. The van der Waals surface area contributed by atoms with E-state index in [1.54, 1.807) is 0 Å². The molecule has 19 heavy (non-hydrogen) atoms. The standard InChI is InChI=1S/C12H20N2O4S/c1-12(2)17-8-5-13-11(14(3)4)19-7-16-9(6-15)10(8)18-12/h6,8-10H,5,7H2,1-4H3/t8-,9-,10+/m1/s1. The van der Waals surface area contributed by atoms with Crippen molar-refractivity contribution in [1.29, 1.82) is 0 Å². The minimum atomic E-state index is -0.708. The Balaban J connectivity index is 2.19. The molecule has 0 aromatic rings. The van der Waals surface area contributed by atoms with Crippen LogP contribution >= 0.6 is 11.8 Å². The quantitative estimate of drug-likeness (QED) is 0.662. The highest BCUT2D eigenvalue weighted by Crippen LogP contribution is 2.32. The summed E-state index contributed by atoms with van der Waals surface area (Å²) in [6, 6.07) is 0. The summed E-state index contributed by atoms with van der Waals surface area (Å²) in [7, 11) is 3.85. The van der Waals surface area contributed by atoms with Gasteiger partial charge in [-0.15, -0.1) is 0 Å². The van der Waals surface area contributed by atoms with Crippen LogP contribution in [0.15, 0.2) is 4.99 Å². The van der Waals surface area contributed by atoms with E-state index in [0.29, 0.717) is 12.5 Å². The average Bonchev–Trinajstić information content (AvgIpc) is 2.65. The van der Waals surface area contributed by atoms with Crippen LogP contribution in [0, 0.1) is 0 Å². The lowest BCUT2D eigenvalue weighted by Crippen LogP contribution is -2.39. The normalized spacial score (nSPS) is 34.5. The maximum Gasteiger partial charge on any atom is 0.164 e. The molecule has 0 N–H and O–H groups in total. The molecule has 0 bridgehead atoms. The third-order valence-electron chi connectivity index (χ3n) is 2.92. The van der Waals surface area contributed by atoms with Crippen molar-refractivity contribution >= 4 is 23.2 Å². The molecule has 0 aliphatic carbocycles. The summed E-state index contributed by atoms with van der Waals surface area (Å²) in [6.07, 6.45) is -0.503. The van der Waals surface area contributed by atoms with Crippen molar-refractivity contribution in [3.8, 4) is 0 Å². The van der Waals surface area contributed by atoms with Crippen molar-refractivity contribution in [2.75, 3.05) is 26.6 Å². The Bertz CT molecular complexity index is 373. The number of fused-ring (bicyclic) bond motifs is 1. The van der Waals surface area contributed by atoms with Crippen molar-refractivity contribution in [3.05, 3.63) is 0 Å². The molecule has 0 aromatic carbocycles. The van der Waals surface area contributed by atoms with E-state index in [2.05, 4.69) is 4.99 Å². The van der Waals surface area contributed by atoms with Gasteiger partial charge >= 0.3 is 0 Å². The van der Waals surface area contributed by atoms with E-state index in [4.69, 9.17) is 14.2 Å². The van der Waals surface area contributed by atoms with Gasteiger partial charge in [-0.1, -0.05) is 11.8 Å². The van der Waals surface area contributed by atoms with E-state index in [1.807, 2.05) is 32.8 Å². The minimum Gasteiger partial charge on any atom is -0.358 e. The lowest BCUT2D eigenvalue weighted by molar-refractivity contribution is -0.158. The van der Waals surface area contributed by atoms with Gasteiger partial charge in [0.05, 0.1) is 6.54 Å². The van der Waals surface area contributed by atoms with E-state index in [0.717, 1.165) is 11.5 Å². The predicted octanol–water partition coefficient (Wildman–Crippen LogP) is 0.712. The summed E-state index contributed by atoms with van der Waals surface area (Å²) in [6.45, 7) is 4.13. The lowest BCUT2D eigenvalue weighted by atomic mass is 10.1. The summed E-state index contributed by atoms with van der Waals surface area (Å²) in [5.74, 6) is -0.340. The lowest BCUT2D eigenvalue weighted by Gasteiger charge is -2.21. The van der Waals surface area contributed by atoms with Crippen molar-refractivity contribution < 1.29 is 19.0 Å². The molecular weight excluding hydrogens is 268 g/mol. The number of nitrogens with zero attached hydrogens (tertiary/aromatic N) is 2. The Hall–Kier alpha value is -0.630. The largest absolute Gasteiger partial charge is 0.358 e. The topological polar surface area (TPSA) is 60.4 Å². The Morgan fingerprint density at radius 3 is 2.79 bits per heavy atom. The summed E-state index contributed by atoms with van der Waals surface area (Å²) in [4.78, 5) is 17.6. The molecule has 2 aliphatic rings. The van der Waals surface area contributed by atoms with Crippen LogP contribution in [-0.2, 0) is 19.0 Å². The molecule has 0 radical (unpaired) electrons. The molecule has 2 rings (SSSR count). The summed E-state index contributed by atoms with van der Waals surface area (Å²) < 4.78 is 17.2. The Morgan fingerprint density at radius 2 is 2.16 bits per heavy atom. The molecule has 2 heterocycles. The number of ether oxygens (including phenoxy) is 3. The van der Waals surface area contributed by atoms with Gasteiger partial charge in [0.15, 0.2) is 17.2 Å². The van der Waals surface area contributed by atoms with E-state index < -0.39 is 18.0 Å². The Morgan fingerprint density at radius 1 is 1.42 bits per heavy atom. The van der Waals surface area contributed by atoms with Gasteiger partial charge in [-0.05, 0) is 13.8 Å². The molecule has 1 fully saturated rings. The van der Waals surface area contributed by atoms with Gasteiger partial charge in [-0.25, -0.2) is 0 Å². The van der Waals surface area contributed by atoms with Crippen molar-refractivity contribution in [1.82, 2.24) is 4.90 Å². The zero-order valence-corrected chi connectivity index (χ0v) is 12.5. The minimum absolute atomic E-state index is 0.265. The number of amidine groups is 1. The number of carbonyl (C=O) groups excluding carboxylic acids is 1. The fraction of sp³-hybridized carbons (Fsp3) is 0.833. The van der Waals surface area contributed by atoms with Crippen LogP contribution in [-0.4, -0.2) is 67.0 Å². The van der Waals surface area contributed by atoms with E-state index in [1.165, 1.54) is 11.8 Å². The van der Waals surface area contributed by atoms with Crippen LogP contribution in [0.4, 0.5) is 0 Å². The van der Waals surface area contributed by atoms with Gasteiger partial charge in [0, 0.05) is 14.1 Å². The maximum atomic E-state index is 11.2.